The molecule has 3 aromatic rings. The third-order valence-electron chi connectivity index (χ3n) is 5.12. The van der Waals surface area contributed by atoms with Gasteiger partial charge in [-0.3, -0.25) is 4.79 Å². The molecule has 1 amide bonds. The lowest BCUT2D eigenvalue weighted by atomic mass is 9.87. The highest BCUT2D eigenvalue weighted by atomic mass is 32.2. The molecule has 7 nitrogen and oxygen atoms in total. The van der Waals surface area contributed by atoms with Crippen molar-refractivity contribution in [2.24, 2.45) is 0 Å². The molecule has 0 fully saturated rings. The smallest absolute Gasteiger partial charge is 0.358 e. The Balaban J connectivity index is 1.78. The van der Waals surface area contributed by atoms with Crippen LogP contribution in [0.1, 0.15) is 49.3 Å². The molecule has 0 aliphatic rings. The Hall–Kier alpha value is -3.26. The number of ether oxygens (including phenoxy) is 2. The summed E-state index contributed by atoms with van der Waals surface area (Å²) in [5.41, 5.74) is 2.42. The van der Waals surface area contributed by atoms with Crippen LogP contribution < -0.4 is 10.1 Å². The van der Waals surface area contributed by atoms with Crippen LogP contribution in [-0.4, -0.2) is 40.9 Å². The fraction of sp³-hybridized carbons (Fsp3) is 0.346. The molecular formula is C26H31N3O4S. The number of imidazole rings is 1. The van der Waals surface area contributed by atoms with Crippen molar-refractivity contribution in [3.63, 3.8) is 0 Å². The number of carbonyl (C=O) groups is 2. The van der Waals surface area contributed by atoms with Crippen LogP contribution >= 0.6 is 11.8 Å². The van der Waals surface area contributed by atoms with Crippen molar-refractivity contribution in [1.29, 1.82) is 0 Å². The van der Waals surface area contributed by atoms with E-state index in [2.05, 4.69) is 31.1 Å². The lowest BCUT2D eigenvalue weighted by molar-refractivity contribution is -0.118. The standard InChI is InChI=1S/C26H31N3O4S/c1-6-32-24(31)22-23(28-25(34-5)29(22)16-18-10-8-7-9-11-18)27-21(30)17-33-20-14-12-19(13-15-20)26(2,3)4/h7-15H,6,16-17H2,1-5H3,(H,27,30). The quantitative estimate of drug-likeness (QED) is 0.336. The minimum absolute atomic E-state index is 0.0347. The highest BCUT2D eigenvalue weighted by Crippen LogP contribution is 2.27. The van der Waals surface area contributed by atoms with Crippen molar-refractivity contribution in [3.05, 3.63) is 71.4 Å². The van der Waals surface area contributed by atoms with Gasteiger partial charge >= 0.3 is 5.97 Å². The topological polar surface area (TPSA) is 82.4 Å². The minimum atomic E-state index is -0.541. The number of carbonyl (C=O) groups excluding carboxylic acids is 2. The SMILES string of the molecule is CCOC(=O)c1c(NC(=O)COc2ccc(C(C)(C)C)cc2)nc(SC)n1Cc1ccccc1. The third kappa shape index (κ3) is 6.41. The highest BCUT2D eigenvalue weighted by Gasteiger charge is 2.25. The molecule has 1 heterocycles. The van der Waals surface area contributed by atoms with E-state index in [1.165, 1.54) is 17.3 Å². The van der Waals surface area contributed by atoms with Crippen LogP contribution in [0.3, 0.4) is 0 Å². The normalized spacial score (nSPS) is 11.2. The van der Waals surface area contributed by atoms with Gasteiger partial charge in [-0.25, -0.2) is 9.78 Å². The molecule has 0 aliphatic carbocycles. The first-order valence-electron chi connectivity index (χ1n) is 11.1. The third-order valence-corrected chi connectivity index (χ3v) is 5.79. The number of hydrogen-bond acceptors (Lipinski definition) is 6. The molecule has 0 radical (unpaired) electrons. The Morgan fingerprint density at radius 1 is 1.06 bits per heavy atom. The number of hydrogen-bond donors (Lipinski definition) is 1. The molecule has 1 aromatic heterocycles. The van der Waals surface area contributed by atoms with Crippen molar-refractivity contribution >= 4 is 29.5 Å². The van der Waals surface area contributed by atoms with Gasteiger partial charge in [0.1, 0.15) is 5.75 Å². The lowest BCUT2D eigenvalue weighted by Gasteiger charge is -2.19. The Bertz CT molecular complexity index is 1120. The van der Waals surface area contributed by atoms with E-state index in [-0.39, 0.29) is 30.1 Å². The fourth-order valence-corrected chi connectivity index (χ4v) is 3.92. The molecule has 3 rings (SSSR count). The molecule has 0 saturated heterocycles. The predicted octanol–water partition coefficient (Wildman–Crippen LogP) is 5.15. The van der Waals surface area contributed by atoms with Gasteiger partial charge in [-0.2, -0.15) is 0 Å². The molecule has 0 saturated carbocycles. The van der Waals surface area contributed by atoms with Gasteiger partial charge in [0.05, 0.1) is 13.2 Å². The molecule has 180 valence electrons. The summed E-state index contributed by atoms with van der Waals surface area (Å²) in [6, 6.07) is 17.4. The summed E-state index contributed by atoms with van der Waals surface area (Å²) in [5.74, 6) is -0.203. The summed E-state index contributed by atoms with van der Waals surface area (Å²) in [7, 11) is 0. The largest absolute Gasteiger partial charge is 0.484 e. The predicted molar refractivity (Wildman–Crippen MR) is 135 cm³/mol. The summed E-state index contributed by atoms with van der Waals surface area (Å²) in [4.78, 5) is 30.0. The number of thioether (sulfide) groups is 1. The van der Waals surface area contributed by atoms with Crippen LogP contribution in [0.5, 0.6) is 5.75 Å². The summed E-state index contributed by atoms with van der Waals surface area (Å²) < 4.78 is 12.7. The van der Waals surface area contributed by atoms with Gasteiger partial charge < -0.3 is 19.4 Å². The van der Waals surface area contributed by atoms with Gasteiger partial charge in [-0.15, -0.1) is 0 Å². The van der Waals surface area contributed by atoms with Gasteiger partial charge in [-0.05, 0) is 41.9 Å². The Kier molecular flexibility index (Phi) is 8.39. The van der Waals surface area contributed by atoms with Crippen molar-refractivity contribution in [3.8, 4) is 5.75 Å². The fourth-order valence-electron chi connectivity index (χ4n) is 3.36. The first kappa shape index (κ1) is 25.4. The van der Waals surface area contributed by atoms with E-state index in [1.807, 2.05) is 60.9 Å². The molecule has 0 spiro atoms. The molecule has 1 N–H and O–H groups in total. The zero-order valence-corrected chi connectivity index (χ0v) is 21.1. The Labute approximate surface area is 204 Å². The highest BCUT2D eigenvalue weighted by molar-refractivity contribution is 7.98. The van der Waals surface area contributed by atoms with Gasteiger partial charge in [0.15, 0.2) is 23.3 Å². The zero-order valence-electron chi connectivity index (χ0n) is 20.3. The van der Waals surface area contributed by atoms with E-state index >= 15 is 0 Å². The molecule has 8 heteroatoms. The maximum Gasteiger partial charge on any atom is 0.358 e. The Morgan fingerprint density at radius 2 is 1.74 bits per heavy atom. The molecular weight excluding hydrogens is 450 g/mol. The van der Waals surface area contributed by atoms with Crippen molar-refractivity contribution < 1.29 is 19.1 Å². The summed E-state index contributed by atoms with van der Waals surface area (Å²) >= 11 is 1.39. The lowest BCUT2D eigenvalue weighted by Crippen LogP contribution is -2.23. The number of aromatic nitrogens is 2. The van der Waals surface area contributed by atoms with Crippen LogP contribution in [0, 0.1) is 0 Å². The first-order valence-corrected chi connectivity index (χ1v) is 12.3. The van der Waals surface area contributed by atoms with E-state index in [4.69, 9.17) is 9.47 Å². The second-order valence-corrected chi connectivity index (χ2v) is 9.47. The van der Waals surface area contributed by atoms with Crippen LogP contribution in [0.2, 0.25) is 0 Å². The number of amides is 1. The van der Waals surface area contributed by atoms with Crippen LogP contribution in [0.15, 0.2) is 59.8 Å². The number of nitrogens with one attached hydrogen (secondary N) is 1. The minimum Gasteiger partial charge on any atom is -0.484 e. The van der Waals surface area contributed by atoms with E-state index < -0.39 is 11.9 Å². The maximum absolute atomic E-state index is 12.8. The average molecular weight is 482 g/mol. The first-order chi connectivity index (χ1) is 16.2. The molecule has 0 unspecified atom stereocenters. The molecule has 2 aromatic carbocycles. The van der Waals surface area contributed by atoms with Crippen molar-refractivity contribution in [2.45, 2.75) is 44.8 Å². The van der Waals surface area contributed by atoms with E-state index in [1.54, 1.807) is 11.5 Å². The number of esters is 1. The Morgan fingerprint density at radius 3 is 2.32 bits per heavy atom. The number of rotatable bonds is 9. The van der Waals surface area contributed by atoms with E-state index in [0.29, 0.717) is 17.5 Å². The van der Waals surface area contributed by atoms with Gasteiger partial charge in [0.25, 0.3) is 5.91 Å². The van der Waals surface area contributed by atoms with Crippen molar-refractivity contribution in [1.82, 2.24) is 9.55 Å². The average Bonchev–Trinajstić information content (AvgIpc) is 3.15. The summed E-state index contributed by atoms with van der Waals surface area (Å²) in [6.45, 7) is 8.57. The molecule has 0 aliphatic heterocycles. The summed E-state index contributed by atoms with van der Waals surface area (Å²) in [6.07, 6.45) is 1.87. The van der Waals surface area contributed by atoms with Crippen LogP contribution in [0.25, 0.3) is 0 Å². The van der Waals surface area contributed by atoms with Crippen LogP contribution in [0.4, 0.5) is 5.82 Å². The maximum atomic E-state index is 12.8. The molecule has 0 bridgehead atoms. The monoisotopic (exact) mass is 481 g/mol. The second-order valence-electron chi connectivity index (χ2n) is 8.70. The van der Waals surface area contributed by atoms with Crippen molar-refractivity contribution in [2.75, 3.05) is 24.8 Å². The van der Waals surface area contributed by atoms with Gasteiger partial charge in [0, 0.05) is 0 Å². The zero-order chi connectivity index (χ0) is 24.7. The van der Waals surface area contributed by atoms with Gasteiger partial charge in [-0.1, -0.05) is 75.0 Å². The van der Waals surface area contributed by atoms with E-state index in [9.17, 15) is 9.59 Å². The summed E-state index contributed by atoms with van der Waals surface area (Å²) in [5, 5.41) is 3.32. The van der Waals surface area contributed by atoms with Gasteiger partial charge in [0.2, 0.25) is 0 Å². The second kappa shape index (κ2) is 11.2. The van der Waals surface area contributed by atoms with Crippen LogP contribution in [-0.2, 0) is 21.5 Å². The molecule has 34 heavy (non-hydrogen) atoms. The number of benzene rings is 2. The molecule has 0 atom stereocenters. The number of anilines is 1. The van der Waals surface area contributed by atoms with E-state index in [0.717, 1.165) is 5.56 Å². The number of nitrogens with zero attached hydrogens (tertiary/aromatic N) is 2.